The number of benzene rings is 2. The number of nitrogens with zero attached hydrogens (tertiary/aromatic N) is 1. The van der Waals surface area contributed by atoms with Gasteiger partial charge in [-0.3, -0.25) is 4.79 Å². The molecule has 0 aliphatic carbocycles. The molecule has 0 saturated carbocycles. The molecule has 1 amide bonds. The Morgan fingerprint density at radius 1 is 1.14 bits per heavy atom. The summed E-state index contributed by atoms with van der Waals surface area (Å²) in [6, 6.07) is 15.8. The van der Waals surface area contributed by atoms with Crippen LogP contribution in [0.5, 0.6) is 0 Å². The number of amides is 1. The van der Waals surface area contributed by atoms with Crippen molar-refractivity contribution >= 4 is 5.91 Å². The number of piperidine rings is 1. The minimum absolute atomic E-state index is 0.0311. The van der Waals surface area contributed by atoms with Crippen molar-refractivity contribution in [3.63, 3.8) is 0 Å². The molecule has 0 spiro atoms. The van der Waals surface area contributed by atoms with Gasteiger partial charge in [-0.25, -0.2) is 0 Å². The summed E-state index contributed by atoms with van der Waals surface area (Å²) >= 11 is 0. The molecule has 4 heteroatoms. The number of hydrogen-bond donors (Lipinski definition) is 2. The van der Waals surface area contributed by atoms with Gasteiger partial charge in [0.1, 0.15) is 0 Å². The second kappa shape index (κ2) is 8.89. The maximum Gasteiger partial charge on any atom is 0.223 e. The smallest absolute Gasteiger partial charge is 0.223 e. The Morgan fingerprint density at radius 2 is 1.79 bits per heavy atom. The van der Waals surface area contributed by atoms with Gasteiger partial charge in [0.15, 0.2) is 0 Å². The van der Waals surface area contributed by atoms with Crippen molar-refractivity contribution in [3.8, 4) is 0 Å². The predicted octanol–water partition coefficient (Wildman–Crippen LogP) is 3.45. The third kappa shape index (κ3) is 5.21. The molecule has 149 valence electrons. The van der Waals surface area contributed by atoms with E-state index in [2.05, 4.69) is 26.0 Å². The molecule has 2 aromatic carbocycles. The molecule has 1 radical (unpaired) electrons. The molecule has 0 bridgehead atoms. The molecule has 1 atom stereocenters. The Balaban J connectivity index is 1.56. The fourth-order valence-electron chi connectivity index (χ4n) is 4.05. The lowest BCUT2D eigenvalue weighted by atomic mass is 9.84. The highest BCUT2D eigenvalue weighted by Crippen LogP contribution is 2.29. The maximum atomic E-state index is 12.7. The second-order valence-electron chi connectivity index (χ2n) is 8.11. The topological polar surface area (TPSA) is 60.8 Å². The van der Waals surface area contributed by atoms with Crippen LogP contribution in [0.25, 0.3) is 0 Å². The van der Waals surface area contributed by atoms with E-state index in [1.807, 2.05) is 41.3 Å². The highest BCUT2D eigenvalue weighted by atomic mass is 16.3. The fraction of sp³-hybridized carbons (Fsp3) is 0.417. The van der Waals surface area contributed by atoms with Crippen LogP contribution in [-0.2, 0) is 17.8 Å². The highest BCUT2D eigenvalue weighted by molar-refractivity contribution is 5.77. The normalized spacial score (nSPS) is 17.4. The van der Waals surface area contributed by atoms with Gasteiger partial charge < -0.3 is 15.1 Å². The van der Waals surface area contributed by atoms with Gasteiger partial charge in [0.25, 0.3) is 0 Å². The molecule has 28 heavy (non-hydrogen) atoms. The third-order valence-corrected chi connectivity index (χ3v) is 5.72. The van der Waals surface area contributed by atoms with E-state index in [-0.39, 0.29) is 18.4 Å². The first-order valence-corrected chi connectivity index (χ1v) is 9.99. The van der Waals surface area contributed by atoms with E-state index in [1.165, 1.54) is 5.56 Å². The zero-order chi connectivity index (χ0) is 20.1. The first-order chi connectivity index (χ1) is 13.4. The number of rotatable bonds is 6. The van der Waals surface area contributed by atoms with Gasteiger partial charge in [0.2, 0.25) is 5.91 Å². The number of aliphatic hydroxyl groups excluding tert-OH is 1. The molecule has 2 N–H and O–H groups in total. The van der Waals surface area contributed by atoms with Gasteiger partial charge in [0.05, 0.1) is 12.2 Å². The van der Waals surface area contributed by atoms with E-state index in [0.29, 0.717) is 38.8 Å². The molecule has 1 aliphatic heterocycles. The van der Waals surface area contributed by atoms with Gasteiger partial charge >= 0.3 is 0 Å². The lowest BCUT2D eigenvalue weighted by Crippen LogP contribution is -2.48. The lowest BCUT2D eigenvalue weighted by molar-refractivity contribution is -0.135. The lowest BCUT2D eigenvalue weighted by Gasteiger charge is -2.39. The van der Waals surface area contributed by atoms with Crippen molar-refractivity contribution in [3.05, 3.63) is 77.7 Å². The number of aliphatic hydroxyl groups is 2. The van der Waals surface area contributed by atoms with Crippen molar-refractivity contribution in [1.82, 2.24) is 4.90 Å². The first kappa shape index (κ1) is 20.6. The van der Waals surface area contributed by atoms with Crippen LogP contribution >= 0.6 is 0 Å². The monoisotopic (exact) mass is 380 g/mol. The van der Waals surface area contributed by atoms with Crippen LogP contribution in [0, 0.1) is 6.92 Å². The van der Waals surface area contributed by atoms with E-state index in [4.69, 9.17) is 0 Å². The van der Waals surface area contributed by atoms with Crippen LogP contribution in [0.4, 0.5) is 0 Å². The molecule has 1 saturated heterocycles. The molecule has 4 nitrogen and oxygen atoms in total. The Kier molecular flexibility index (Phi) is 6.53. The Bertz CT molecular complexity index is 795. The summed E-state index contributed by atoms with van der Waals surface area (Å²) in [4.78, 5) is 14.6. The number of carbonyl (C=O) groups is 1. The summed E-state index contributed by atoms with van der Waals surface area (Å²) < 4.78 is 0. The molecular weight excluding hydrogens is 350 g/mol. The van der Waals surface area contributed by atoms with Crippen LogP contribution in [0.1, 0.15) is 54.4 Å². The van der Waals surface area contributed by atoms with E-state index >= 15 is 0 Å². The Labute approximate surface area is 167 Å². The molecule has 2 aromatic rings. The fourth-order valence-corrected chi connectivity index (χ4v) is 4.05. The van der Waals surface area contributed by atoms with Crippen LogP contribution in [0.2, 0.25) is 0 Å². The number of hydrogen-bond acceptors (Lipinski definition) is 3. The van der Waals surface area contributed by atoms with Gasteiger partial charge in [0, 0.05) is 25.9 Å². The summed E-state index contributed by atoms with van der Waals surface area (Å²) in [5.41, 5.74) is 3.00. The SMILES string of the molecule is [CH2]c1cc(CO)cc(CC2(O)CCN(C(=O)C[C@@H](C)c3ccccc3)CC2)c1. The summed E-state index contributed by atoms with van der Waals surface area (Å²) in [6.45, 7) is 7.15. The minimum Gasteiger partial charge on any atom is -0.392 e. The van der Waals surface area contributed by atoms with Crippen LogP contribution in [-0.4, -0.2) is 39.7 Å². The molecule has 1 aliphatic rings. The van der Waals surface area contributed by atoms with Crippen LogP contribution in [0.15, 0.2) is 48.5 Å². The third-order valence-electron chi connectivity index (χ3n) is 5.72. The summed E-state index contributed by atoms with van der Waals surface area (Å²) in [7, 11) is 0. The van der Waals surface area contributed by atoms with E-state index < -0.39 is 5.60 Å². The van der Waals surface area contributed by atoms with E-state index in [0.717, 1.165) is 16.7 Å². The van der Waals surface area contributed by atoms with Crippen molar-refractivity contribution in [2.45, 2.75) is 50.7 Å². The predicted molar refractivity (Wildman–Crippen MR) is 111 cm³/mol. The van der Waals surface area contributed by atoms with Crippen LogP contribution in [0.3, 0.4) is 0 Å². The van der Waals surface area contributed by atoms with E-state index in [9.17, 15) is 15.0 Å². The summed E-state index contributed by atoms with van der Waals surface area (Å²) in [6.07, 6.45) is 2.14. The highest BCUT2D eigenvalue weighted by Gasteiger charge is 2.34. The van der Waals surface area contributed by atoms with E-state index in [1.54, 1.807) is 0 Å². The van der Waals surface area contributed by atoms with Crippen molar-refractivity contribution in [1.29, 1.82) is 0 Å². The Morgan fingerprint density at radius 3 is 2.43 bits per heavy atom. The first-order valence-electron chi connectivity index (χ1n) is 9.99. The molecule has 1 heterocycles. The molecular formula is C24H30NO3. The molecule has 0 aromatic heterocycles. The van der Waals surface area contributed by atoms with Gasteiger partial charge in [-0.05, 0) is 47.9 Å². The van der Waals surface area contributed by atoms with Crippen molar-refractivity contribution < 1.29 is 15.0 Å². The largest absolute Gasteiger partial charge is 0.392 e. The minimum atomic E-state index is -0.817. The molecule has 3 rings (SSSR count). The average molecular weight is 381 g/mol. The maximum absolute atomic E-state index is 12.7. The average Bonchev–Trinajstić information content (AvgIpc) is 2.68. The number of likely N-dealkylation sites (tertiary alicyclic amines) is 1. The van der Waals surface area contributed by atoms with Gasteiger partial charge in [-0.15, -0.1) is 0 Å². The summed E-state index contributed by atoms with van der Waals surface area (Å²) in [5.74, 6) is 0.340. The number of carbonyl (C=O) groups excluding carboxylic acids is 1. The summed E-state index contributed by atoms with van der Waals surface area (Å²) in [5, 5.41) is 20.4. The van der Waals surface area contributed by atoms with Crippen molar-refractivity contribution in [2.24, 2.45) is 0 Å². The zero-order valence-corrected chi connectivity index (χ0v) is 16.6. The second-order valence-corrected chi connectivity index (χ2v) is 8.11. The van der Waals surface area contributed by atoms with Crippen LogP contribution < -0.4 is 0 Å². The van der Waals surface area contributed by atoms with Crippen molar-refractivity contribution in [2.75, 3.05) is 13.1 Å². The van der Waals surface area contributed by atoms with Gasteiger partial charge in [-0.2, -0.15) is 0 Å². The zero-order valence-electron chi connectivity index (χ0n) is 16.6. The quantitative estimate of drug-likeness (QED) is 0.807. The molecule has 1 fully saturated rings. The van der Waals surface area contributed by atoms with Gasteiger partial charge in [-0.1, -0.05) is 55.5 Å². The standard InChI is InChI=1S/C24H30NO3/c1-18-12-20(15-21(13-18)17-26)16-24(28)8-10-25(11-9-24)23(27)14-19(2)22-6-4-3-5-7-22/h3-7,12-13,15,19,26,28H,1,8-11,14,16-17H2,2H3/t19-/m1/s1. The Hall–Kier alpha value is -2.17. The molecule has 0 unspecified atom stereocenters.